The van der Waals surface area contributed by atoms with Gasteiger partial charge < -0.3 is 15.3 Å². The monoisotopic (exact) mass is 522 g/mol. The van der Waals surface area contributed by atoms with E-state index in [4.69, 9.17) is 11.6 Å². The Labute approximate surface area is 210 Å². The molecule has 2 saturated carbocycles. The molecule has 1 unspecified atom stereocenters. The molecular weight excluding hydrogens is 494 g/mol. The first-order valence-electron chi connectivity index (χ1n) is 12.3. The molecule has 3 fully saturated rings. The molecule has 35 heavy (non-hydrogen) atoms. The number of halogens is 3. The highest BCUT2D eigenvalue weighted by Gasteiger charge is 2.51. The molecule has 10 heteroatoms. The molecule has 1 aromatic carbocycles. The first-order valence-corrected chi connectivity index (χ1v) is 13.8. The third-order valence-electron chi connectivity index (χ3n) is 8.47. The Bertz CT molecular complexity index is 1150. The van der Waals surface area contributed by atoms with Crippen LogP contribution < -0.4 is 10.2 Å². The number of alkyl halides is 2. The topological polar surface area (TPSA) is 78.4 Å². The van der Waals surface area contributed by atoms with Crippen LogP contribution in [0.3, 0.4) is 0 Å². The molecule has 1 atom stereocenters. The molecule has 4 aliphatic rings. The van der Waals surface area contributed by atoms with E-state index in [1.807, 2.05) is 12.1 Å². The minimum Gasteiger partial charge on any atom is -0.394 e. The van der Waals surface area contributed by atoms with Crippen LogP contribution in [0.2, 0.25) is 5.02 Å². The zero-order valence-corrected chi connectivity index (χ0v) is 21.0. The Morgan fingerprint density at radius 1 is 1.11 bits per heavy atom. The summed E-state index contributed by atoms with van der Waals surface area (Å²) in [7, 11) is -2.50. The van der Waals surface area contributed by atoms with E-state index in [0.717, 1.165) is 63.1 Å². The highest BCUT2D eigenvalue weighted by Crippen LogP contribution is 2.50. The molecule has 1 spiro atoms. The number of aromatic nitrogens is 2. The first-order chi connectivity index (χ1) is 16.7. The van der Waals surface area contributed by atoms with Crippen molar-refractivity contribution in [3.05, 3.63) is 40.5 Å². The van der Waals surface area contributed by atoms with Crippen molar-refractivity contribution < 1.29 is 18.1 Å². The fraction of sp³-hybridized carbons (Fsp3) is 0.600. The number of nitrogens with one attached hydrogen (secondary N) is 1. The summed E-state index contributed by atoms with van der Waals surface area (Å²) in [6.45, 7) is 1.47. The molecule has 0 amide bonds. The number of anilines is 2. The van der Waals surface area contributed by atoms with Crippen molar-refractivity contribution >= 4 is 34.2 Å². The second-order valence-corrected chi connectivity index (χ2v) is 12.8. The molecule has 2 aliphatic carbocycles. The van der Waals surface area contributed by atoms with Crippen molar-refractivity contribution in [2.75, 3.05) is 29.9 Å². The van der Waals surface area contributed by atoms with Gasteiger partial charge in [0, 0.05) is 23.5 Å². The normalized spacial score (nSPS) is 26.2. The average molecular weight is 523 g/mol. The Kier molecular flexibility index (Phi) is 5.62. The molecule has 3 heterocycles. The van der Waals surface area contributed by atoms with E-state index >= 15 is 0 Å². The fourth-order valence-electron chi connectivity index (χ4n) is 6.13. The predicted octanol–water partition coefficient (Wildman–Crippen LogP) is 4.88. The van der Waals surface area contributed by atoms with Gasteiger partial charge in [0.05, 0.1) is 24.3 Å². The highest BCUT2D eigenvalue weighted by molar-refractivity contribution is 7.86. The Hall–Kier alpha value is -1.84. The molecular formula is C25H29ClF2N4O2S. The average Bonchev–Trinajstić information content (AvgIpc) is 3.03. The lowest BCUT2D eigenvalue weighted by Gasteiger charge is -2.53. The number of rotatable bonds is 5. The standard InChI is InChI=1S/C25H29ClF2N4O2S/c26-18-4-2-16(3-5-18)17-6-10-23(11-7-17)13-32(14-23)22-29-19-12-25(27,28)35(34)20(19)21(30-22)31-24(15-33)8-1-9-24/h2-5,17,33H,1,6-15H2,(H,29,30,31). The molecule has 1 aromatic heterocycles. The number of nitrogens with zero attached hydrogens (tertiary/aromatic N) is 3. The van der Waals surface area contributed by atoms with E-state index in [2.05, 4.69) is 32.3 Å². The van der Waals surface area contributed by atoms with Crippen LogP contribution in [0.4, 0.5) is 20.5 Å². The van der Waals surface area contributed by atoms with Crippen LogP contribution in [0.25, 0.3) is 0 Å². The molecule has 0 bridgehead atoms. The molecule has 2 aliphatic heterocycles. The van der Waals surface area contributed by atoms with Crippen LogP contribution in [-0.4, -0.2) is 49.8 Å². The van der Waals surface area contributed by atoms with Gasteiger partial charge in [-0.25, -0.2) is 9.19 Å². The van der Waals surface area contributed by atoms with Gasteiger partial charge in [-0.05, 0) is 68.6 Å². The number of benzene rings is 1. The van der Waals surface area contributed by atoms with Gasteiger partial charge in [-0.15, -0.1) is 0 Å². The maximum Gasteiger partial charge on any atom is 0.331 e. The van der Waals surface area contributed by atoms with Crippen molar-refractivity contribution in [1.29, 1.82) is 0 Å². The van der Waals surface area contributed by atoms with Crippen molar-refractivity contribution in [3.63, 3.8) is 0 Å². The Morgan fingerprint density at radius 3 is 2.40 bits per heavy atom. The van der Waals surface area contributed by atoms with E-state index in [-0.39, 0.29) is 28.4 Å². The zero-order valence-electron chi connectivity index (χ0n) is 19.4. The Balaban J connectivity index is 1.19. The SMILES string of the molecule is O=S1c2c(nc(N3CC4(CCC(c5ccc(Cl)cc5)CC4)C3)nc2NC2(CO)CCC2)CC1(F)F. The molecule has 188 valence electrons. The van der Waals surface area contributed by atoms with Gasteiger partial charge in [0.15, 0.2) is 0 Å². The van der Waals surface area contributed by atoms with Crippen molar-refractivity contribution in [3.8, 4) is 0 Å². The molecule has 2 aromatic rings. The number of aliphatic hydroxyl groups excluding tert-OH is 1. The lowest BCUT2D eigenvalue weighted by atomic mass is 9.65. The number of aliphatic hydroxyl groups is 1. The summed E-state index contributed by atoms with van der Waals surface area (Å²) >= 11 is 6.03. The molecule has 0 radical (unpaired) electrons. The minimum absolute atomic E-state index is 0.00261. The lowest BCUT2D eigenvalue weighted by molar-refractivity contribution is 0.103. The van der Waals surface area contributed by atoms with E-state index in [1.165, 1.54) is 5.56 Å². The predicted molar refractivity (Wildman–Crippen MR) is 132 cm³/mol. The minimum atomic E-state index is -3.35. The largest absolute Gasteiger partial charge is 0.394 e. The van der Waals surface area contributed by atoms with E-state index < -0.39 is 28.0 Å². The third-order valence-corrected chi connectivity index (χ3v) is 10.2. The van der Waals surface area contributed by atoms with Gasteiger partial charge in [0.25, 0.3) is 0 Å². The second kappa shape index (κ2) is 8.35. The van der Waals surface area contributed by atoms with E-state index in [9.17, 15) is 18.1 Å². The Morgan fingerprint density at radius 2 is 1.80 bits per heavy atom. The van der Waals surface area contributed by atoms with Crippen LogP contribution in [0.15, 0.2) is 29.2 Å². The third kappa shape index (κ3) is 4.03. The van der Waals surface area contributed by atoms with Gasteiger partial charge in [-0.2, -0.15) is 13.8 Å². The van der Waals surface area contributed by atoms with Gasteiger partial charge >= 0.3 is 5.25 Å². The lowest BCUT2D eigenvalue weighted by Crippen LogP contribution is -2.58. The summed E-state index contributed by atoms with van der Waals surface area (Å²) in [6.07, 6.45) is 6.16. The van der Waals surface area contributed by atoms with E-state index in [0.29, 0.717) is 11.9 Å². The number of hydrogen-bond donors (Lipinski definition) is 2. The second-order valence-electron chi connectivity index (χ2n) is 10.8. The summed E-state index contributed by atoms with van der Waals surface area (Å²) in [4.78, 5) is 11.1. The highest BCUT2D eigenvalue weighted by atomic mass is 35.5. The van der Waals surface area contributed by atoms with Crippen molar-refractivity contribution in [1.82, 2.24) is 9.97 Å². The number of hydrogen-bond acceptors (Lipinski definition) is 6. The van der Waals surface area contributed by atoms with E-state index in [1.54, 1.807) is 0 Å². The summed E-state index contributed by atoms with van der Waals surface area (Å²) in [5.74, 6) is 1.15. The van der Waals surface area contributed by atoms with Gasteiger partial charge in [0.1, 0.15) is 21.5 Å². The summed E-state index contributed by atoms with van der Waals surface area (Å²) in [6, 6.07) is 8.13. The molecule has 2 N–H and O–H groups in total. The van der Waals surface area contributed by atoms with Crippen LogP contribution in [0, 0.1) is 5.41 Å². The quantitative estimate of drug-likeness (QED) is 0.583. The summed E-state index contributed by atoms with van der Waals surface area (Å²) < 4.78 is 41.3. The molecule has 1 saturated heterocycles. The van der Waals surface area contributed by atoms with Crippen LogP contribution in [-0.2, 0) is 17.2 Å². The summed E-state index contributed by atoms with van der Waals surface area (Å²) in [5, 5.41) is 10.5. The van der Waals surface area contributed by atoms with Gasteiger partial charge in [0.2, 0.25) is 5.95 Å². The van der Waals surface area contributed by atoms with Crippen LogP contribution >= 0.6 is 11.6 Å². The van der Waals surface area contributed by atoms with Crippen LogP contribution in [0.1, 0.15) is 62.1 Å². The summed E-state index contributed by atoms with van der Waals surface area (Å²) in [5.41, 5.74) is 1.10. The van der Waals surface area contributed by atoms with Crippen molar-refractivity contribution in [2.45, 2.75) is 73.0 Å². The smallest absolute Gasteiger partial charge is 0.331 e. The van der Waals surface area contributed by atoms with Gasteiger partial charge in [-0.1, -0.05) is 23.7 Å². The first kappa shape index (κ1) is 23.6. The maximum absolute atomic E-state index is 14.4. The number of fused-ring (bicyclic) bond motifs is 1. The van der Waals surface area contributed by atoms with Crippen molar-refractivity contribution in [2.24, 2.45) is 5.41 Å². The molecule has 6 rings (SSSR count). The molecule has 6 nitrogen and oxygen atoms in total. The van der Waals surface area contributed by atoms with Crippen LogP contribution in [0.5, 0.6) is 0 Å². The maximum atomic E-state index is 14.4. The fourth-order valence-corrected chi connectivity index (χ4v) is 7.43. The zero-order chi connectivity index (χ0) is 24.4. The van der Waals surface area contributed by atoms with Gasteiger partial charge in [-0.3, -0.25) is 0 Å².